The van der Waals surface area contributed by atoms with E-state index in [1.165, 1.54) is 9.91 Å². The Labute approximate surface area is 41.9 Å². The molecule has 0 nitrogen and oxygen atoms in total. The molecule has 0 fully saturated rings. The summed E-state index contributed by atoms with van der Waals surface area (Å²) in [5.74, 6) is 0. The van der Waals surface area contributed by atoms with Crippen molar-refractivity contribution in [3.05, 3.63) is 0 Å². The summed E-state index contributed by atoms with van der Waals surface area (Å²) < 4.78 is 0. The minimum absolute atomic E-state index is 0.392. The van der Waals surface area contributed by atoms with Crippen molar-refractivity contribution in [3.8, 4) is 0 Å². The average molecular weight is 140 g/mol. The lowest BCUT2D eigenvalue weighted by molar-refractivity contribution is 2.49. The maximum absolute atomic E-state index is 2.90. The van der Waals surface area contributed by atoms with Gasteiger partial charge in [0.25, 0.3) is 0 Å². The van der Waals surface area contributed by atoms with Crippen LogP contribution in [0.25, 0.3) is 0 Å². The van der Waals surface area contributed by atoms with E-state index in [9.17, 15) is 0 Å². The SMILES string of the molecule is CP([SiH3])[SiH2]P. The van der Waals surface area contributed by atoms with Crippen molar-refractivity contribution in [1.82, 2.24) is 0 Å². The van der Waals surface area contributed by atoms with Crippen molar-refractivity contribution in [2.24, 2.45) is 0 Å². The highest BCUT2D eigenvalue weighted by Gasteiger charge is 1.79. The van der Waals surface area contributed by atoms with E-state index in [-0.39, 0.29) is 0 Å². The molecular weight excluding hydrogens is 130 g/mol. The van der Waals surface area contributed by atoms with E-state index in [0.717, 1.165) is 0 Å². The van der Waals surface area contributed by atoms with Crippen LogP contribution in [-0.2, 0) is 0 Å². The van der Waals surface area contributed by atoms with Gasteiger partial charge in [0, 0.05) is 9.91 Å². The molecule has 32 valence electrons. The molecule has 0 radical (unpaired) electrons. The molecule has 0 spiro atoms. The molecule has 0 N–H and O–H groups in total. The van der Waals surface area contributed by atoms with Gasteiger partial charge in [0.1, 0.15) is 0 Å². The van der Waals surface area contributed by atoms with Crippen LogP contribution in [0.15, 0.2) is 0 Å². The van der Waals surface area contributed by atoms with Crippen molar-refractivity contribution in [1.29, 1.82) is 0 Å². The quantitative estimate of drug-likeness (QED) is 0.332. The van der Waals surface area contributed by atoms with Gasteiger partial charge in [-0.25, -0.2) is 0 Å². The summed E-state index contributed by atoms with van der Waals surface area (Å²) in [6.45, 7) is 2.39. The molecule has 0 aliphatic carbocycles. The molecule has 0 amide bonds. The van der Waals surface area contributed by atoms with Gasteiger partial charge in [-0.15, -0.1) is 7.02 Å². The molecule has 0 heterocycles. The third-order valence-corrected chi connectivity index (χ3v) is 19.7. The molecule has 2 atom stereocenters. The van der Waals surface area contributed by atoms with Crippen LogP contribution in [0.4, 0.5) is 0 Å². The molecule has 0 aromatic rings. The van der Waals surface area contributed by atoms with Crippen LogP contribution >= 0.6 is 15.8 Å². The molecule has 0 saturated carbocycles. The Balaban J connectivity index is 2.54. The molecule has 0 aromatic carbocycles. The summed E-state index contributed by atoms with van der Waals surface area (Å²) in [6, 6.07) is 0. The number of hydrogen-bond donors (Lipinski definition) is 0. The summed E-state index contributed by atoms with van der Waals surface area (Å²) in [6.07, 6.45) is 0. The zero-order valence-corrected chi connectivity index (χ0v) is 9.20. The van der Waals surface area contributed by atoms with Gasteiger partial charge in [0.15, 0.2) is 0 Å². The minimum Gasteiger partial charge on any atom is -0.151 e. The molecule has 5 heavy (non-hydrogen) atoms. The van der Waals surface area contributed by atoms with Gasteiger partial charge >= 0.3 is 0 Å². The fraction of sp³-hybridized carbons (Fsp3) is 1.00. The third-order valence-electron chi connectivity index (χ3n) is 0.365. The van der Waals surface area contributed by atoms with Crippen LogP contribution in [-0.4, -0.2) is 25.4 Å². The van der Waals surface area contributed by atoms with Gasteiger partial charge < -0.3 is 0 Å². The summed E-state index contributed by atoms with van der Waals surface area (Å²) in [4.78, 5) is 0. The van der Waals surface area contributed by atoms with Crippen molar-refractivity contribution in [2.45, 2.75) is 0 Å². The van der Waals surface area contributed by atoms with Gasteiger partial charge in [0.05, 0.1) is 8.85 Å². The molecule has 4 heteroatoms. The van der Waals surface area contributed by atoms with Gasteiger partial charge in [-0.05, 0) is 0 Å². The highest BCUT2D eigenvalue weighted by molar-refractivity contribution is 8.15. The summed E-state index contributed by atoms with van der Waals surface area (Å²) in [5, 5.41) is 0. The highest BCUT2D eigenvalue weighted by Crippen LogP contribution is 2.21. The first kappa shape index (κ1) is 6.29. The smallest absolute Gasteiger partial charge is 0.0638 e. The minimum atomic E-state index is 0.392. The van der Waals surface area contributed by atoms with Crippen LogP contribution < -0.4 is 0 Å². The van der Waals surface area contributed by atoms with Crippen molar-refractivity contribution in [3.63, 3.8) is 0 Å². The predicted octanol–water partition coefficient (Wildman–Crippen LogP) is -0.748. The zero-order chi connectivity index (χ0) is 4.28. The zero-order valence-electron chi connectivity index (χ0n) is 3.73. The van der Waals surface area contributed by atoms with Gasteiger partial charge in [0.2, 0.25) is 0 Å². The standard InChI is InChI=1S/CH10P2Si2/c1-3(4)5-2/h2,5H2,1,4H3. The first-order valence-electron chi connectivity index (χ1n) is 1.62. The fourth-order valence-electron chi connectivity index (χ4n) is 0. The van der Waals surface area contributed by atoms with Gasteiger partial charge in [-0.3, -0.25) is 0 Å². The van der Waals surface area contributed by atoms with Crippen molar-refractivity contribution in [2.75, 3.05) is 6.66 Å². The molecule has 0 bridgehead atoms. The third kappa shape index (κ3) is 5.29. The Kier molecular flexibility index (Phi) is 4.38. The van der Waals surface area contributed by atoms with E-state index in [2.05, 4.69) is 15.5 Å². The second kappa shape index (κ2) is 3.48. The predicted molar refractivity (Wildman–Crippen MR) is 41.0 cm³/mol. The Hall–Kier alpha value is 1.29. The molecule has 2 unspecified atom stereocenters. The monoisotopic (exact) mass is 140 g/mol. The normalized spacial score (nSPS) is 18.0. The average Bonchev–Trinajstić information content (AvgIpc) is 1.38. The maximum atomic E-state index is 2.90. The van der Waals surface area contributed by atoms with E-state index < -0.39 is 0 Å². The van der Waals surface area contributed by atoms with Crippen LogP contribution in [0.5, 0.6) is 0 Å². The van der Waals surface area contributed by atoms with Crippen LogP contribution in [0.1, 0.15) is 0 Å². The van der Waals surface area contributed by atoms with E-state index in [0.29, 0.717) is 15.9 Å². The summed E-state index contributed by atoms with van der Waals surface area (Å²) >= 11 is 0. The second-order valence-corrected chi connectivity index (χ2v) is 20.3. The first-order valence-corrected chi connectivity index (χ1v) is 11.9. The molecule has 0 saturated heterocycles. The van der Waals surface area contributed by atoms with E-state index in [1.807, 2.05) is 0 Å². The van der Waals surface area contributed by atoms with Crippen LogP contribution in [0, 0.1) is 0 Å². The van der Waals surface area contributed by atoms with Gasteiger partial charge in [-0.1, -0.05) is 6.66 Å². The molecule has 0 aliphatic heterocycles. The first-order chi connectivity index (χ1) is 2.27. The van der Waals surface area contributed by atoms with Crippen molar-refractivity contribution < 1.29 is 0 Å². The van der Waals surface area contributed by atoms with E-state index in [1.54, 1.807) is 0 Å². The molecule has 0 rings (SSSR count). The summed E-state index contributed by atoms with van der Waals surface area (Å²) in [7, 11) is 5.41. The lowest BCUT2D eigenvalue weighted by Gasteiger charge is -1.91. The maximum Gasteiger partial charge on any atom is 0.0638 e. The lowest BCUT2D eigenvalue weighted by Crippen LogP contribution is -1.68. The number of rotatable bonds is 1. The number of hydrogen-bond acceptors (Lipinski definition) is 0. The van der Waals surface area contributed by atoms with Crippen molar-refractivity contribution >= 4 is 34.6 Å². The van der Waals surface area contributed by atoms with E-state index in [4.69, 9.17) is 0 Å². The Bertz CT molecular complexity index is 21.6. The summed E-state index contributed by atoms with van der Waals surface area (Å²) in [5.41, 5.74) is 0. The highest BCUT2D eigenvalue weighted by atomic mass is 31.7. The van der Waals surface area contributed by atoms with Gasteiger partial charge in [-0.2, -0.15) is 8.79 Å². The Morgan fingerprint density at radius 2 is 2.20 bits per heavy atom. The molecule has 0 aliphatic rings. The molecular formula is CH10P2Si2. The topological polar surface area (TPSA) is 0 Å². The Morgan fingerprint density at radius 1 is 2.00 bits per heavy atom. The van der Waals surface area contributed by atoms with Crippen LogP contribution in [0.2, 0.25) is 0 Å². The Morgan fingerprint density at radius 3 is 2.20 bits per heavy atom. The second-order valence-electron chi connectivity index (χ2n) is 1.26. The van der Waals surface area contributed by atoms with E-state index >= 15 is 0 Å². The fourth-order valence-corrected chi connectivity index (χ4v) is 0. The lowest BCUT2D eigenvalue weighted by atomic mass is 12.0. The molecule has 0 aromatic heterocycles. The van der Waals surface area contributed by atoms with Crippen LogP contribution in [0.3, 0.4) is 0 Å². The largest absolute Gasteiger partial charge is 0.151 e.